The highest BCUT2D eigenvalue weighted by atomic mass is 32.1. The van der Waals surface area contributed by atoms with E-state index < -0.39 is 0 Å². The second-order valence-electron chi connectivity index (χ2n) is 5.12. The van der Waals surface area contributed by atoms with Gasteiger partial charge in [-0.2, -0.15) is 0 Å². The first kappa shape index (κ1) is 13.1. The molecule has 100 valence electrons. The highest BCUT2D eigenvalue weighted by Crippen LogP contribution is 2.27. The molecule has 2 heteroatoms. The van der Waals surface area contributed by atoms with Crippen molar-refractivity contribution in [2.75, 3.05) is 0 Å². The average Bonchev–Trinajstić information content (AvgIpc) is 2.82. The fourth-order valence-corrected chi connectivity index (χ4v) is 3.65. The number of carbonyl (C=O) groups is 1. The molecule has 0 atom stereocenters. The van der Waals surface area contributed by atoms with Gasteiger partial charge in [0.25, 0.3) is 0 Å². The van der Waals surface area contributed by atoms with Crippen LogP contribution >= 0.6 is 11.3 Å². The second-order valence-corrected chi connectivity index (χ2v) is 6.04. The summed E-state index contributed by atoms with van der Waals surface area (Å²) >= 11 is 1.71. The Balaban J connectivity index is 1.97. The van der Waals surface area contributed by atoms with Crippen LogP contribution in [-0.2, 0) is 6.42 Å². The van der Waals surface area contributed by atoms with Crippen LogP contribution in [0, 0.1) is 13.8 Å². The third-order valence-corrected chi connectivity index (χ3v) is 4.68. The number of ketones is 1. The van der Waals surface area contributed by atoms with Gasteiger partial charge >= 0.3 is 0 Å². The summed E-state index contributed by atoms with van der Waals surface area (Å²) in [6.45, 7) is 4.01. The quantitative estimate of drug-likeness (QED) is 0.621. The number of benzene rings is 2. The van der Waals surface area contributed by atoms with Crippen LogP contribution < -0.4 is 0 Å². The number of Topliss-reactive ketones (excluding diaryl/α,β-unsaturated/α-hetero) is 1. The third kappa shape index (κ3) is 2.27. The van der Waals surface area contributed by atoms with Crippen LogP contribution in [0.1, 0.15) is 27.0 Å². The molecule has 0 aliphatic rings. The number of rotatable bonds is 3. The first-order valence-corrected chi connectivity index (χ1v) is 7.59. The van der Waals surface area contributed by atoms with Crippen molar-refractivity contribution in [1.29, 1.82) is 0 Å². The molecule has 0 spiro atoms. The van der Waals surface area contributed by atoms with Gasteiger partial charge in [-0.25, -0.2) is 0 Å². The summed E-state index contributed by atoms with van der Waals surface area (Å²) in [7, 11) is 0. The number of carbonyl (C=O) groups excluding carboxylic acids is 1. The zero-order chi connectivity index (χ0) is 14.1. The van der Waals surface area contributed by atoms with Gasteiger partial charge in [-0.05, 0) is 47.4 Å². The molecule has 0 aliphatic carbocycles. The lowest BCUT2D eigenvalue weighted by Gasteiger charge is -2.08. The van der Waals surface area contributed by atoms with Gasteiger partial charge in [0.2, 0.25) is 0 Å². The van der Waals surface area contributed by atoms with E-state index in [0.717, 1.165) is 22.3 Å². The van der Waals surface area contributed by atoms with Crippen LogP contribution in [0.15, 0.2) is 47.8 Å². The molecule has 20 heavy (non-hydrogen) atoms. The Labute approximate surface area is 122 Å². The van der Waals surface area contributed by atoms with Crippen LogP contribution in [0.5, 0.6) is 0 Å². The van der Waals surface area contributed by atoms with E-state index in [1.165, 1.54) is 10.1 Å². The lowest BCUT2D eigenvalue weighted by Crippen LogP contribution is -2.07. The van der Waals surface area contributed by atoms with Crippen LogP contribution in [0.25, 0.3) is 10.1 Å². The van der Waals surface area contributed by atoms with E-state index in [2.05, 4.69) is 17.5 Å². The minimum absolute atomic E-state index is 0.212. The van der Waals surface area contributed by atoms with Gasteiger partial charge in [0.15, 0.2) is 5.78 Å². The molecule has 0 amide bonds. The number of thiophene rings is 1. The Morgan fingerprint density at radius 1 is 1.00 bits per heavy atom. The molecule has 0 bridgehead atoms. The zero-order valence-corrected chi connectivity index (χ0v) is 12.5. The Morgan fingerprint density at radius 3 is 2.45 bits per heavy atom. The summed E-state index contributed by atoms with van der Waals surface area (Å²) in [4.78, 5) is 12.6. The molecular formula is C18H16OS. The molecule has 1 nitrogen and oxygen atoms in total. The summed E-state index contributed by atoms with van der Waals surface area (Å²) in [5.74, 6) is 0.212. The van der Waals surface area contributed by atoms with Gasteiger partial charge in [0.1, 0.15) is 0 Å². The van der Waals surface area contributed by atoms with Gasteiger partial charge in [-0.1, -0.05) is 36.4 Å². The van der Waals surface area contributed by atoms with Gasteiger partial charge in [-0.3, -0.25) is 4.79 Å². The Kier molecular flexibility index (Phi) is 3.41. The highest BCUT2D eigenvalue weighted by molar-refractivity contribution is 7.17. The molecule has 1 aromatic heterocycles. The predicted molar refractivity (Wildman–Crippen MR) is 85.8 cm³/mol. The van der Waals surface area contributed by atoms with Crippen molar-refractivity contribution in [3.63, 3.8) is 0 Å². The average molecular weight is 280 g/mol. The van der Waals surface area contributed by atoms with E-state index in [1.54, 1.807) is 11.3 Å². The topological polar surface area (TPSA) is 17.1 Å². The molecule has 1 heterocycles. The van der Waals surface area contributed by atoms with E-state index in [4.69, 9.17) is 0 Å². The van der Waals surface area contributed by atoms with E-state index >= 15 is 0 Å². The fraction of sp³-hybridized carbons (Fsp3) is 0.167. The Bertz CT molecular complexity index is 763. The molecule has 0 saturated heterocycles. The molecule has 3 aromatic rings. The normalized spacial score (nSPS) is 10.9. The minimum atomic E-state index is 0.212. The minimum Gasteiger partial charge on any atom is -0.294 e. The molecule has 0 aliphatic heterocycles. The van der Waals surface area contributed by atoms with E-state index in [1.807, 2.05) is 44.2 Å². The van der Waals surface area contributed by atoms with Crippen molar-refractivity contribution in [1.82, 2.24) is 0 Å². The molecule has 0 saturated carbocycles. The maximum atomic E-state index is 12.6. The van der Waals surface area contributed by atoms with E-state index in [9.17, 15) is 4.79 Å². The zero-order valence-electron chi connectivity index (χ0n) is 11.6. The third-order valence-electron chi connectivity index (χ3n) is 3.67. The van der Waals surface area contributed by atoms with Crippen LogP contribution in [0.4, 0.5) is 0 Å². The smallest absolute Gasteiger partial charge is 0.167 e. The van der Waals surface area contributed by atoms with Crippen molar-refractivity contribution in [2.24, 2.45) is 0 Å². The fourth-order valence-electron chi connectivity index (χ4n) is 2.69. The van der Waals surface area contributed by atoms with Crippen molar-refractivity contribution >= 4 is 27.2 Å². The first-order valence-electron chi connectivity index (χ1n) is 6.71. The van der Waals surface area contributed by atoms with Crippen molar-refractivity contribution in [3.8, 4) is 0 Å². The molecule has 2 aromatic carbocycles. The molecule has 0 unspecified atom stereocenters. The molecular weight excluding hydrogens is 264 g/mol. The standard InChI is InChI=1S/C18H16OS/c1-12-6-5-7-13(2)18(12)16(19)10-14-11-20-17-9-4-3-8-15(14)17/h3-9,11H,10H2,1-2H3. The Morgan fingerprint density at radius 2 is 1.70 bits per heavy atom. The van der Waals surface area contributed by atoms with Gasteiger partial charge < -0.3 is 0 Å². The van der Waals surface area contributed by atoms with Crippen LogP contribution in [-0.4, -0.2) is 5.78 Å². The first-order chi connectivity index (χ1) is 9.66. The maximum Gasteiger partial charge on any atom is 0.167 e. The number of aryl methyl sites for hydroxylation is 2. The van der Waals surface area contributed by atoms with E-state index in [-0.39, 0.29) is 5.78 Å². The number of fused-ring (bicyclic) bond motifs is 1. The Hall–Kier alpha value is -1.93. The molecule has 0 N–H and O–H groups in total. The molecule has 3 rings (SSSR count). The maximum absolute atomic E-state index is 12.6. The largest absolute Gasteiger partial charge is 0.294 e. The molecule has 0 radical (unpaired) electrons. The van der Waals surface area contributed by atoms with E-state index in [0.29, 0.717) is 6.42 Å². The number of hydrogen-bond donors (Lipinski definition) is 0. The van der Waals surface area contributed by atoms with Gasteiger partial charge in [-0.15, -0.1) is 11.3 Å². The summed E-state index contributed by atoms with van der Waals surface area (Å²) in [5.41, 5.74) is 4.14. The summed E-state index contributed by atoms with van der Waals surface area (Å²) in [6.07, 6.45) is 0.482. The molecule has 0 fully saturated rings. The predicted octanol–water partition coefficient (Wildman–Crippen LogP) is 4.94. The van der Waals surface area contributed by atoms with Gasteiger partial charge in [0, 0.05) is 16.7 Å². The van der Waals surface area contributed by atoms with Gasteiger partial charge in [0.05, 0.1) is 0 Å². The SMILES string of the molecule is Cc1cccc(C)c1C(=O)Cc1csc2ccccc12. The van der Waals surface area contributed by atoms with Crippen LogP contribution in [0.2, 0.25) is 0 Å². The summed E-state index contributed by atoms with van der Waals surface area (Å²) in [5, 5.41) is 3.31. The van der Waals surface area contributed by atoms with Crippen molar-refractivity contribution in [3.05, 3.63) is 70.1 Å². The van der Waals surface area contributed by atoms with Crippen molar-refractivity contribution < 1.29 is 4.79 Å². The highest BCUT2D eigenvalue weighted by Gasteiger charge is 2.14. The lowest BCUT2D eigenvalue weighted by atomic mass is 9.95. The monoisotopic (exact) mass is 280 g/mol. The summed E-state index contributed by atoms with van der Waals surface area (Å²) in [6, 6.07) is 14.3. The summed E-state index contributed by atoms with van der Waals surface area (Å²) < 4.78 is 1.25. The second kappa shape index (κ2) is 5.22. The van der Waals surface area contributed by atoms with Crippen molar-refractivity contribution in [2.45, 2.75) is 20.3 Å². The lowest BCUT2D eigenvalue weighted by molar-refractivity contribution is 0.0992. The van der Waals surface area contributed by atoms with Crippen LogP contribution in [0.3, 0.4) is 0 Å². The number of hydrogen-bond acceptors (Lipinski definition) is 2.